The van der Waals surface area contributed by atoms with Gasteiger partial charge in [-0.25, -0.2) is 0 Å². The Bertz CT molecular complexity index is 893. The molecule has 0 saturated carbocycles. The van der Waals surface area contributed by atoms with Gasteiger partial charge in [-0.3, -0.25) is 4.79 Å². The monoisotopic (exact) mass is 470 g/mol. The molecular formula is C17H9BrCl2N2OS2. The standard InChI is InChI=1S/C17H9BrCl2N2OS2/c18-11-6-4-10(5-7-11)9-21-22-16(23)15(25-17(22)24)8-12-13(19)2-1-3-14(12)20/h1-9H/b15-8+,21-9+. The molecule has 3 nitrogen and oxygen atoms in total. The first-order chi connectivity index (χ1) is 12.0. The van der Waals surface area contributed by atoms with Crippen LogP contribution in [0, 0.1) is 0 Å². The molecule has 0 aromatic heterocycles. The Morgan fingerprint density at radius 2 is 1.76 bits per heavy atom. The number of benzene rings is 2. The third-order valence-corrected chi connectivity index (χ3v) is 5.71. The SMILES string of the molecule is O=C1/C(=C\c2c(Cl)cccc2Cl)SC(=S)N1/N=C/c1ccc(Br)cc1. The van der Waals surface area contributed by atoms with E-state index >= 15 is 0 Å². The second-order valence-corrected chi connectivity index (χ2v) is 8.33. The molecule has 0 spiro atoms. The third-order valence-electron chi connectivity index (χ3n) is 3.24. The van der Waals surface area contributed by atoms with Crippen molar-refractivity contribution < 1.29 is 4.79 Å². The summed E-state index contributed by atoms with van der Waals surface area (Å²) < 4.78 is 1.32. The van der Waals surface area contributed by atoms with Gasteiger partial charge in [0.15, 0.2) is 4.32 Å². The number of carbonyl (C=O) groups excluding carboxylic acids is 1. The summed E-state index contributed by atoms with van der Waals surface area (Å²) in [7, 11) is 0. The van der Waals surface area contributed by atoms with Crippen molar-refractivity contribution in [3.8, 4) is 0 Å². The predicted octanol–water partition coefficient (Wildman–Crippen LogP) is 5.99. The summed E-state index contributed by atoms with van der Waals surface area (Å²) in [4.78, 5) is 13.0. The number of hydrogen-bond donors (Lipinski definition) is 0. The number of rotatable bonds is 3. The molecule has 0 atom stereocenters. The number of thioether (sulfide) groups is 1. The van der Waals surface area contributed by atoms with Crippen molar-refractivity contribution >= 4 is 85.6 Å². The van der Waals surface area contributed by atoms with E-state index in [-0.39, 0.29) is 5.91 Å². The van der Waals surface area contributed by atoms with Crippen LogP contribution >= 0.6 is 63.1 Å². The quantitative estimate of drug-likeness (QED) is 0.313. The molecule has 0 radical (unpaired) electrons. The van der Waals surface area contributed by atoms with E-state index in [1.54, 1.807) is 30.5 Å². The summed E-state index contributed by atoms with van der Waals surface area (Å²) in [6.45, 7) is 0. The van der Waals surface area contributed by atoms with E-state index in [1.165, 1.54) is 5.01 Å². The van der Waals surface area contributed by atoms with Crippen molar-refractivity contribution in [3.05, 3.63) is 73.0 Å². The average Bonchev–Trinajstić information content (AvgIpc) is 2.84. The van der Waals surface area contributed by atoms with Crippen molar-refractivity contribution in [2.24, 2.45) is 5.10 Å². The first-order valence-corrected chi connectivity index (χ1v) is 9.74. The second-order valence-electron chi connectivity index (χ2n) is 4.92. The maximum Gasteiger partial charge on any atom is 0.286 e. The molecule has 1 aliphatic rings. The van der Waals surface area contributed by atoms with Crippen LogP contribution in [0.5, 0.6) is 0 Å². The molecule has 2 aromatic carbocycles. The van der Waals surface area contributed by atoms with Gasteiger partial charge < -0.3 is 0 Å². The van der Waals surface area contributed by atoms with Crippen LogP contribution < -0.4 is 0 Å². The number of hydrazone groups is 1. The summed E-state index contributed by atoms with van der Waals surface area (Å²) in [5.41, 5.74) is 1.44. The van der Waals surface area contributed by atoms with Crippen molar-refractivity contribution in [3.63, 3.8) is 0 Å². The highest BCUT2D eigenvalue weighted by Gasteiger charge is 2.32. The van der Waals surface area contributed by atoms with Crippen molar-refractivity contribution in [2.45, 2.75) is 0 Å². The van der Waals surface area contributed by atoms with Crippen LogP contribution in [0.2, 0.25) is 10.0 Å². The topological polar surface area (TPSA) is 32.7 Å². The van der Waals surface area contributed by atoms with Crippen LogP contribution in [0.3, 0.4) is 0 Å². The lowest BCUT2D eigenvalue weighted by molar-refractivity contribution is -0.122. The van der Waals surface area contributed by atoms with E-state index < -0.39 is 0 Å². The molecule has 2 aromatic rings. The Morgan fingerprint density at radius 1 is 1.12 bits per heavy atom. The fourth-order valence-electron chi connectivity index (χ4n) is 2.01. The lowest BCUT2D eigenvalue weighted by Gasteiger charge is -2.06. The van der Waals surface area contributed by atoms with Crippen LogP contribution in [0.15, 0.2) is 56.9 Å². The van der Waals surface area contributed by atoms with Crippen LogP contribution in [0.4, 0.5) is 0 Å². The highest BCUT2D eigenvalue weighted by Crippen LogP contribution is 2.35. The molecule has 0 N–H and O–H groups in total. The van der Waals surface area contributed by atoms with Gasteiger partial charge in [0.2, 0.25) is 0 Å². The minimum absolute atomic E-state index is 0.306. The van der Waals surface area contributed by atoms with E-state index in [2.05, 4.69) is 21.0 Å². The van der Waals surface area contributed by atoms with Gasteiger partial charge in [0.05, 0.1) is 11.1 Å². The van der Waals surface area contributed by atoms with Crippen molar-refractivity contribution in [1.82, 2.24) is 5.01 Å². The van der Waals surface area contributed by atoms with E-state index in [1.807, 2.05) is 24.3 Å². The van der Waals surface area contributed by atoms with Gasteiger partial charge in [-0.1, -0.05) is 69.1 Å². The smallest absolute Gasteiger partial charge is 0.266 e. The fraction of sp³-hybridized carbons (Fsp3) is 0. The average molecular weight is 472 g/mol. The van der Waals surface area contributed by atoms with Gasteiger partial charge in [-0.05, 0) is 48.1 Å². The molecule has 1 heterocycles. The molecule has 0 unspecified atom stereocenters. The van der Waals surface area contributed by atoms with Crippen LogP contribution in [0.1, 0.15) is 11.1 Å². The summed E-state index contributed by atoms with van der Waals surface area (Å²) in [5, 5.41) is 6.33. The molecule has 1 fully saturated rings. The van der Waals surface area contributed by atoms with Crippen LogP contribution in [-0.4, -0.2) is 21.5 Å². The predicted molar refractivity (Wildman–Crippen MR) is 113 cm³/mol. The summed E-state index contributed by atoms with van der Waals surface area (Å²) >= 11 is 22.1. The zero-order chi connectivity index (χ0) is 18.0. The van der Waals surface area contributed by atoms with E-state index in [9.17, 15) is 4.79 Å². The van der Waals surface area contributed by atoms with Gasteiger partial charge in [0, 0.05) is 20.1 Å². The molecule has 0 bridgehead atoms. The lowest BCUT2D eigenvalue weighted by Crippen LogP contribution is -2.22. The van der Waals surface area contributed by atoms with Crippen molar-refractivity contribution in [2.75, 3.05) is 0 Å². The first-order valence-electron chi connectivity index (χ1n) is 6.97. The van der Waals surface area contributed by atoms with Gasteiger partial charge in [-0.2, -0.15) is 10.1 Å². The highest BCUT2D eigenvalue weighted by molar-refractivity contribution is 9.10. The Labute approximate surface area is 172 Å². The summed E-state index contributed by atoms with van der Waals surface area (Å²) in [5.74, 6) is -0.306. The Kier molecular flexibility index (Phi) is 5.96. The molecule has 126 valence electrons. The summed E-state index contributed by atoms with van der Waals surface area (Å²) in [6, 6.07) is 12.7. The molecule has 3 rings (SSSR count). The molecule has 8 heteroatoms. The minimum Gasteiger partial charge on any atom is -0.266 e. The number of thiocarbonyl (C=S) groups is 1. The summed E-state index contributed by atoms with van der Waals surface area (Å²) in [6.07, 6.45) is 3.22. The minimum atomic E-state index is -0.306. The number of amides is 1. The Morgan fingerprint density at radius 3 is 2.40 bits per heavy atom. The third kappa shape index (κ3) is 4.33. The molecular weight excluding hydrogens is 463 g/mol. The van der Waals surface area contributed by atoms with E-state index in [0.717, 1.165) is 21.8 Å². The number of halogens is 3. The van der Waals surface area contributed by atoms with Gasteiger partial charge >= 0.3 is 0 Å². The van der Waals surface area contributed by atoms with Crippen LogP contribution in [-0.2, 0) is 4.79 Å². The molecule has 25 heavy (non-hydrogen) atoms. The zero-order valence-electron chi connectivity index (χ0n) is 12.4. The van der Waals surface area contributed by atoms with E-state index in [0.29, 0.717) is 24.8 Å². The maximum absolute atomic E-state index is 12.6. The number of nitrogens with zero attached hydrogens (tertiary/aromatic N) is 2. The number of carbonyl (C=O) groups is 1. The normalized spacial score (nSPS) is 16.4. The second kappa shape index (κ2) is 8.01. The number of hydrogen-bond acceptors (Lipinski definition) is 4. The van der Waals surface area contributed by atoms with Gasteiger partial charge in [0.25, 0.3) is 5.91 Å². The lowest BCUT2D eigenvalue weighted by atomic mass is 10.2. The Hall–Kier alpha value is -1.18. The van der Waals surface area contributed by atoms with Crippen LogP contribution in [0.25, 0.3) is 6.08 Å². The van der Waals surface area contributed by atoms with Gasteiger partial charge in [0.1, 0.15) is 0 Å². The zero-order valence-corrected chi connectivity index (χ0v) is 17.2. The van der Waals surface area contributed by atoms with E-state index in [4.69, 9.17) is 35.4 Å². The van der Waals surface area contributed by atoms with Gasteiger partial charge in [-0.15, -0.1) is 0 Å². The molecule has 1 amide bonds. The largest absolute Gasteiger partial charge is 0.286 e. The maximum atomic E-state index is 12.6. The fourth-order valence-corrected chi connectivity index (χ4v) is 3.94. The highest BCUT2D eigenvalue weighted by atomic mass is 79.9. The Balaban J connectivity index is 1.85. The molecule has 1 aliphatic heterocycles. The molecule has 1 saturated heterocycles. The first kappa shape index (κ1) is 18.6. The molecule has 0 aliphatic carbocycles. The van der Waals surface area contributed by atoms with Crippen molar-refractivity contribution in [1.29, 1.82) is 0 Å².